The Kier molecular flexibility index (Phi) is 5.91. The highest BCUT2D eigenvalue weighted by atomic mass is 19.4. The quantitative estimate of drug-likeness (QED) is 0.721. The average molecular weight is 256 g/mol. The number of alkyl halides is 3. The molecule has 1 atom stereocenters. The van der Waals surface area contributed by atoms with Gasteiger partial charge in [0.1, 0.15) is 5.54 Å². The van der Waals surface area contributed by atoms with E-state index in [0.717, 1.165) is 4.90 Å². The molecule has 0 saturated heterocycles. The molecule has 2 N–H and O–H groups in total. The van der Waals surface area contributed by atoms with Crippen LogP contribution in [0.5, 0.6) is 0 Å². The molecule has 0 aliphatic carbocycles. The lowest BCUT2D eigenvalue weighted by atomic mass is 10.0. The fraction of sp³-hybridized carbons (Fsp3) is 0.900. The van der Waals surface area contributed by atoms with E-state index in [4.69, 9.17) is 5.11 Å². The van der Waals surface area contributed by atoms with E-state index in [9.17, 15) is 18.0 Å². The van der Waals surface area contributed by atoms with Crippen molar-refractivity contribution in [3.63, 3.8) is 0 Å². The molecule has 0 aromatic carbocycles. The van der Waals surface area contributed by atoms with Crippen molar-refractivity contribution in [3.8, 4) is 0 Å². The van der Waals surface area contributed by atoms with Crippen molar-refractivity contribution in [2.24, 2.45) is 0 Å². The SMILES string of the molecule is CCCNC(C)(CN(C)CC(F)(F)F)C(=O)O. The molecule has 4 nitrogen and oxygen atoms in total. The number of aliphatic carboxylic acids is 1. The van der Waals surface area contributed by atoms with Crippen molar-refractivity contribution in [1.29, 1.82) is 0 Å². The zero-order chi connectivity index (χ0) is 13.7. The Balaban J connectivity index is 4.49. The fourth-order valence-corrected chi connectivity index (χ4v) is 1.50. The number of carbonyl (C=O) groups is 1. The zero-order valence-corrected chi connectivity index (χ0v) is 10.3. The highest BCUT2D eigenvalue weighted by molar-refractivity contribution is 5.78. The van der Waals surface area contributed by atoms with E-state index in [-0.39, 0.29) is 6.54 Å². The van der Waals surface area contributed by atoms with E-state index in [1.54, 1.807) is 0 Å². The molecule has 0 spiro atoms. The van der Waals surface area contributed by atoms with Crippen LogP contribution in [0.3, 0.4) is 0 Å². The van der Waals surface area contributed by atoms with Gasteiger partial charge in [0.25, 0.3) is 0 Å². The molecule has 0 fully saturated rings. The number of likely N-dealkylation sites (N-methyl/N-ethyl adjacent to an activating group) is 1. The van der Waals surface area contributed by atoms with Gasteiger partial charge in [-0.2, -0.15) is 13.2 Å². The van der Waals surface area contributed by atoms with Crippen LogP contribution in [0.4, 0.5) is 13.2 Å². The molecule has 0 heterocycles. The number of nitrogens with one attached hydrogen (secondary N) is 1. The van der Waals surface area contributed by atoms with Gasteiger partial charge in [-0.3, -0.25) is 9.69 Å². The number of hydrogen-bond donors (Lipinski definition) is 2. The second kappa shape index (κ2) is 6.20. The van der Waals surface area contributed by atoms with Gasteiger partial charge in [-0.05, 0) is 26.9 Å². The molecule has 17 heavy (non-hydrogen) atoms. The maximum absolute atomic E-state index is 12.1. The van der Waals surface area contributed by atoms with E-state index < -0.39 is 24.2 Å². The van der Waals surface area contributed by atoms with Crippen molar-refractivity contribution in [1.82, 2.24) is 10.2 Å². The lowest BCUT2D eigenvalue weighted by Gasteiger charge is -2.31. The Bertz CT molecular complexity index is 258. The van der Waals surface area contributed by atoms with Crippen molar-refractivity contribution in [2.75, 3.05) is 26.7 Å². The minimum Gasteiger partial charge on any atom is -0.480 e. The third-order valence-electron chi connectivity index (χ3n) is 2.27. The first-order valence-corrected chi connectivity index (χ1v) is 5.34. The van der Waals surface area contributed by atoms with Crippen LogP contribution in [-0.2, 0) is 4.79 Å². The van der Waals surface area contributed by atoms with Crippen molar-refractivity contribution in [3.05, 3.63) is 0 Å². The number of hydrogen-bond acceptors (Lipinski definition) is 3. The van der Waals surface area contributed by atoms with Crippen molar-refractivity contribution in [2.45, 2.75) is 32.0 Å². The summed E-state index contributed by atoms with van der Waals surface area (Å²) in [6.45, 7) is 2.36. The monoisotopic (exact) mass is 256 g/mol. The highest BCUT2D eigenvalue weighted by Crippen LogP contribution is 2.17. The van der Waals surface area contributed by atoms with Crippen LogP contribution < -0.4 is 5.32 Å². The van der Waals surface area contributed by atoms with Gasteiger partial charge in [-0.15, -0.1) is 0 Å². The molecule has 0 aliphatic heterocycles. The van der Waals surface area contributed by atoms with E-state index in [1.807, 2.05) is 6.92 Å². The molecular weight excluding hydrogens is 237 g/mol. The van der Waals surface area contributed by atoms with E-state index in [1.165, 1.54) is 14.0 Å². The molecule has 0 radical (unpaired) electrons. The van der Waals surface area contributed by atoms with Crippen LogP contribution >= 0.6 is 0 Å². The summed E-state index contributed by atoms with van der Waals surface area (Å²) in [5, 5.41) is 11.8. The van der Waals surface area contributed by atoms with Crippen LogP contribution in [0, 0.1) is 0 Å². The van der Waals surface area contributed by atoms with Crippen molar-refractivity contribution < 1.29 is 23.1 Å². The van der Waals surface area contributed by atoms with Gasteiger partial charge in [-0.25, -0.2) is 0 Å². The van der Waals surface area contributed by atoms with Crippen LogP contribution in [-0.4, -0.2) is 54.4 Å². The maximum atomic E-state index is 12.1. The van der Waals surface area contributed by atoms with E-state index in [0.29, 0.717) is 13.0 Å². The molecule has 0 saturated carbocycles. The normalized spacial score (nSPS) is 15.9. The molecule has 0 rings (SSSR count). The molecule has 1 unspecified atom stereocenters. The minimum atomic E-state index is -4.32. The van der Waals surface area contributed by atoms with Gasteiger partial charge in [0.05, 0.1) is 6.54 Å². The van der Waals surface area contributed by atoms with Crippen molar-refractivity contribution >= 4 is 5.97 Å². The summed E-state index contributed by atoms with van der Waals surface area (Å²) in [4.78, 5) is 12.0. The molecule has 0 aromatic rings. The summed E-state index contributed by atoms with van der Waals surface area (Å²) in [5.41, 5.74) is -1.37. The topological polar surface area (TPSA) is 52.6 Å². The zero-order valence-electron chi connectivity index (χ0n) is 10.3. The summed E-state index contributed by atoms with van der Waals surface area (Å²) in [6, 6.07) is 0. The van der Waals surface area contributed by atoms with Gasteiger partial charge >= 0.3 is 12.1 Å². The van der Waals surface area contributed by atoms with E-state index >= 15 is 0 Å². The summed E-state index contributed by atoms with van der Waals surface area (Å²) in [6.07, 6.45) is -3.61. The molecule has 0 aromatic heterocycles. The smallest absolute Gasteiger partial charge is 0.401 e. The lowest BCUT2D eigenvalue weighted by molar-refractivity contribution is -0.153. The second-order valence-electron chi connectivity index (χ2n) is 4.35. The first-order valence-electron chi connectivity index (χ1n) is 5.34. The third-order valence-corrected chi connectivity index (χ3v) is 2.27. The fourth-order valence-electron chi connectivity index (χ4n) is 1.50. The van der Waals surface area contributed by atoms with Gasteiger partial charge in [0.2, 0.25) is 0 Å². The highest BCUT2D eigenvalue weighted by Gasteiger charge is 2.37. The Hall–Kier alpha value is -0.820. The molecule has 0 amide bonds. The van der Waals surface area contributed by atoms with E-state index in [2.05, 4.69) is 5.32 Å². The molecular formula is C10H19F3N2O2. The average Bonchev–Trinajstić information content (AvgIpc) is 2.11. The molecule has 7 heteroatoms. The summed E-state index contributed by atoms with van der Waals surface area (Å²) < 4.78 is 36.4. The number of rotatable bonds is 7. The maximum Gasteiger partial charge on any atom is 0.401 e. The van der Waals surface area contributed by atoms with Crippen LogP contribution in [0.1, 0.15) is 20.3 Å². The summed E-state index contributed by atoms with van der Waals surface area (Å²) in [5.74, 6) is -1.15. The van der Waals surface area contributed by atoms with Gasteiger partial charge < -0.3 is 10.4 Å². The van der Waals surface area contributed by atoms with Crippen LogP contribution in [0.15, 0.2) is 0 Å². The largest absolute Gasteiger partial charge is 0.480 e. The van der Waals surface area contributed by atoms with Gasteiger partial charge in [0.15, 0.2) is 0 Å². The predicted molar refractivity (Wildman–Crippen MR) is 57.9 cm³/mol. The predicted octanol–water partition coefficient (Wildman–Crippen LogP) is 1.32. The molecule has 102 valence electrons. The number of halogens is 3. The number of carboxylic acid groups (broad SMARTS) is 1. The number of carboxylic acids is 1. The van der Waals surface area contributed by atoms with Crippen LogP contribution in [0.2, 0.25) is 0 Å². The third kappa shape index (κ3) is 6.48. The molecule has 0 aliphatic rings. The van der Waals surface area contributed by atoms with Gasteiger partial charge in [0, 0.05) is 6.54 Å². The summed E-state index contributed by atoms with van der Waals surface area (Å²) >= 11 is 0. The number of nitrogens with zero attached hydrogens (tertiary/aromatic N) is 1. The lowest BCUT2D eigenvalue weighted by Crippen LogP contribution is -2.57. The molecule has 0 bridgehead atoms. The summed E-state index contributed by atoms with van der Waals surface area (Å²) in [7, 11) is 1.25. The Labute approximate surface area is 98.8 Å². The Morgan fingerprint density at radius 1 is 1.35 bits per heavy atom. The minimum absolute atomic E-state index is 0.207. The van der Waals surface area contributed by atoms with Gasteiger partial charge in [-0.1, -0.05) is 6.92 Å². The Morgan fingerprint density at radius 2 is 1.88 bits per heavy atom. The first-order chi connectivity index (χ1) is 7.60. The second-order valence-corrected chi connectivity index (χ2v) is 4.35. The standard InChI is InChI=1S/C10H19F3N2O2/c1-4-5-14-9(2,8(16)17)6-15(3)7-10(11,12)13/h14H,4-7H2,1-3H3,(H,16,17). The first kappa shape index (κ1) is 16.2. The van der Waals surface area contributed by atoms with Crippen LogP contribution in [0.25, 0.3) is 0 Å². The Morgan fingerprint density at radius 3 is 2.24 bits per heavy atom.